The molecule has 114 valence electrons. The third kappa shape index (κ3) is 4.75. The number of carbonyl (C=O) groups is 1. The first-order valence-corrected chi connectivity index (χ1v) is 8.22. The Kier molecular flexibility index (Phi) is 4.95. The van der Waals surface area contributed by atoms with E-state index in [-0.39, 0.29) is 11.7 Å². The zero-order valence-electron chi connectivity index (χ0n) is 11.8. The highest BCUT2D eigenvalue weighted by Crippen LogP contribution is 2.17. The second-order valence-electron chi connectivity index (χ2n) is 4.62. The number of carbonyl (C=O) groups excluding carboxylic acids is 1. The maximum Gasteiger partial charge on any atom is 0.247 e. The highest BCUT2D eigenvalue weighted by molar-refractivity contribution is 7.91. The first-order valence-electron chi connectivity index (χ1n) is 6.56. The van der Waals surface area contributed by atoms with Crippen LogP contribution in [0.15, 0.2) is 67.3 Å². The fraction of sp³-hybridized carbons (Fsp3) is 0.0625. The Morgan fingerprint density at radius 3 is 2.41 bits per heavy atom. The SMILES string of the molecule is C=CC(=O)Nc1cccc(NS(=O)(=O)Cc2ccccc2)c1. The van der Waals surface area contributed by atoms with Gasteiger partial charge in [-0.3, -0.25) is 9.52 Å². The van der Waals surface area contributed by atoms with Crippen molar-refractivity contribution in [1.29, 1.82) is 0 Å². The van der Waals surface area contributed by atoms with Crippen LogP contribution in [0.25, 0.3) is 0 Å². The predicted octanol–water partition coefficient (Wildman–Crippen LogP) is 2.75. The van der Waals surface area contributed by atoms with Gasteiger partial charge in [0, 0.05) is 5.69 Å². The quantitative estimate of drug-likeness (QED) is 0.805. The number of nitrogens with one attached hydrogen (secondary N) is 2. The molecule has 0 radical (unpaired) electrons. The van der Waals surface area contributed by atoms with Crippen LogP contribution in [0.2, 0.25) is 0 Å². The minimum Gasteiger partial charge on any atom is -0.322 e. The monoisotopic (exact) mass is 316 g/mol. The van der Waals surface area contributed by atoms with Crippen LogP contribution in [-0.4, -0.2) is 14.3 Å². The molecule has 0 saturated heterocycles. The highest BCUT2D eigenvalue weighted by Gasteiger charge is 2.12. The summed E-state index contributed by atoms with van der Waals surface area (Å²) >= 11 is 0. The topological polar surface area (TPSA) is 75.3 Å². The largest absolute Gasteiger partial charge is 0.322 e. The number of amides is 1. The lowest BCUT2D eigenvalue weighted by Gasteiger charge is -2.10. The van der Waals surface area contributed by atoms with Crippen molar-refractivity contribution in [3.63, 3.8) is 0 Å². The summed E-state index contributed by atoms with van der Waals surface area (Å²) < 4.78 is 26.8. The van der Waals surface area contributed by atoms with Gasteiger partial charge in [0.2, 0.25) is 15.9 Å². The molecule has 5 nitrogen and oxygen atoms in total. The van der Waals surface area contributed by atoms with E-state index in [0.717, 1.165) is 6.08 Å². The molecule has 0 bridgehead atoms. The molecular formula is C16H16N2O3S. The average molecular weight is 316 g/mol. The van der Waals surface area contributed by atoms with Gasteiger partial charge in [-0.1, -0.05) is 43.0 Å². The minimum absolute atomic E-state index is 0.114. The molecular weight excluding hydrogens is 300 g/mol. The van der Waals surface area contributed by atoms with E-state index in [9.17, 15) is 13.2 Å². The second-order valence-corrected chi connectivity index (χ2v) is 6.34. The molecule has 1 amide bonds. The molecule has 2 aromatic carbocycles. The van der Waals surface area contributed by atoms with Gasteiger partial charge in [0.15, 0.2) is 0 Å². The van der Waals surface area contributed by atoms with Gasteiger partial charge in [-0.05, 0) is 29.8 Å². The molecule has 0 fully saturated rings. The molecule has 0 spiro atoms. The Hall–Kier alpha value is -2.60. The number of benzene rings is 2. The van der Waals surface area contributed by atoms with Crippen LogP contribution in [0.5, 0.6) is 0 Å². The van der Waals surface area contributed by atoms with E-state index >= 15 is 0 Å². The minimum atomic E-state index is -3.52. The normalized spacial score (nSPS) is 10.7. The Morgan fingerprint density at radius 1 is 1.05 bits per heavy atom. The van der Waals surface area contributed by atoms with E-state index < -0.39 is 10.0 Å². The highest BCUT2D eigenvalue weighted by atomic mass is 32.2. The first-order chi connectivity index (χ1) is 10.5. The molecule has 0 aromatic heterocycles. The number of hydrogen-bond donors (Lipinski definition) is 2. The fourth-order valence-electron chi connectivity index (χ4n) is 1.86. The maximum atomic E-state index is 12.1. The van der Waals surface area contributed by atoms with Gasteiger partial charge in [-0.15, -0.1) is 0 Å². The van der Waals surface area contributed by atoms with Gasteiger partial charge in [-0.2, -0.15) is 0 Å². The van der Waals surface area contributed by atoms with E-state index in [1.807, 2.05) is 6.07 Å². The van der Waals surface area contributed by atoms with Crippen molar-refractivity contribution in [1.82, 2.24) is 0 Å². The molecule has 0 unspecified atom stereocenters. The van der Waals surface area contributed by atoms with Gasteiger partial charge in [0.1, 0.15) is 0 Å². The number of rotatable bonds is 6. The van der Waals surface area contributed by atoms with Gasteiger partial charge in [0.25, 0.3) is 0 Å². The summed E-state index contributed by atoms with van der Waals surface area (Å²) in [5.74, 6) is -0.471. The van der Waals surface area contributed by atoms with E-state index in [0.29, 0.717) is 16.9 Å². The van der Waals surface area contributed by atoms with Crippen molar-refractivity contribution in [3.8, 4) is 0 Å². The van der Waals surface area contributed by atoms with Crippen LogP contribution in [0.1, 0.15) is 5.56 Å². The van der Waals surface area contributed by atoms with Gasteiger partial charge < -0.3 is 5.32 Å². The lowest BCUT2D eigenvalue weighted by atomic mass is 10.2. The van der Waals surface area contributed by atoms with Crippen molar-refractivity contribution in [2.24, 2.45) is 0 Å². The van der Waals surface area contributed by atoms with Crippen molar-refractivity contribution < 1.29 is 13.2 Å². The zero-order valence-corrected chi connectivity index (χ0v) is 12.6. The number of sulfonamides is 1. The maximum absolute atomic E-state index is 12.1. The summed E-state index contributed by atoms with van der Waals surface area (Å²) in [5.41, 5.74) is 1.58. The van der Waals surface area contributed by atoms with Gasteiger partial charge in [-0.25, -0.2) is 8.42 Å². The second kappa shape index (κ2) is 6.91. The lowest BCUT2D eigenvalue weighted by molar-refractivity contribution is -0.111. The molecule has 6 heteroatoms. The molecule has 0 atom stereocenters. The Labute approximate surface area is 129 Å². The zero-order chi connectivity index (χ0) is 16.0. The van der Waals surface area contributed by atoms with Gasteiger partial charge in [0.05, 0.1) is 11.4 Å². The summed E-state index contributed by atoms with van der Waals surface area (Å²) in [5, 5.41) is 2.58. The summed E-state index contributed by atoms with van der Waals surface area (Å²) in [6, 6.07) is 15.4. The molecule has 0 aliphatic heterocycles. The summed E-state index contributed by atoms with van der Waals surface area (Å²) in [7, 11) is -3.52. The Morgan fingerprint density at radius 2 is 1.73 bits per heavy atom. The smallest absolute Gasteiger partial charge is 0.247 e. The van der Waals surface area contributed by atoms with Crippen molar-refractivity contribution in [2.75, 3.05) is 10.0 Å². The standard InChI is InChI=1S/C16H16N2O3S/c1-2-16(19)17-14-9-6-10-15(11-14)18-22(20,21)12-13-7-4-3-5-8-13/h2-11,18H,1,12H2,(H,17,19). The first kappa shape index (κ1) is 15.8. The third-order valence-electron chi connectivity index (χ3n) is 2.79. The molecule has 0 heterocycles. The van der Waals surface area contributed by atoms with Crippen LogP contribution in [-0.2, 0) is 20.6 Å². The third-order valence-corrected chi connectivity index (χ3v) is 4.05. The Bertz CT molecular complexity index is 771. The molecule has 2 aromatic rings. The van der Waals surface area contributed by atoms with Crippen molar-refractivity contribution >= 4 is 27.3 Å². The molecule has 0 saturated carbocycles. The van der Waals surface area contributed by atoms with Crippen molar-refractivity contribution in [3.05, 3.63) is 72.8 Å². The van der Waals surface area contributed by atoms with E-state index in [4.69, 9.17) is 0 Å². The van der Waals surface area contributed by atoms with Crippen LogP contribution >= 0.6 is 0 Å². The van der Waals surface area contributed by atoms with Crippen LogP contribution in [0.3, 0.4) is 0 Å². The Balaban J connectivity index is 2.11. The average Bonchev–Trinajstić information content (AvgIpc) is 2.47. The molecule has 0 aliphatic rings. The lowest BCUT2D eigenvalue weighted by Crippen LogP contribution is -2.15. The molecule has 22 heavy (non-hydrogen) atoms. The van der Waals surface area contributed by atoms with E-state index in [1.165, 1.54) is 0 Å². The number of anilines is 2. The summed E-state index contributed by atoms with van der Waals surface area (Å²) in [6.07, 6.45) is 1.15. The number of hydrogen-bond acceptors (Lipinski definition) is 3. The summed E-state index contributed by atoms with van der Waals surface area (Å²) in [4.78, 5) is 11.3. The van der Waals surface area contributed by atoms with Crippen LogP contribution < -0.4 is 10.0 Å². The molecule has 2 N–H and O–H groups in total. The van der Waals surface area contributed by atoms with E-state index in [1.54, 1.807) is 48.5 Å². The van der Waals surface area contributed by atoms with E-state index in [2.05, 4.69) is 16.6 Å². The molecule has 2 rings (SSSR count). The van der Waals surface area contributed by atoms with Crippen LogP contribution in [0.4, 0.5) is 11.4 Å². The summed E-state index contributed by atoms with van der Waals surface area (Å²) in [6.45, 7) is 3.36. The fourth-order valence-corrected chi connectivity index (χ4v) is 3.05. The van der Waals surface area contributed by atoms with Gasteiger partial charge >= 0.3 is 0 Å². The molecule has 0 aliphatic carbocycles. The van der Waals surface area contributed by atoms with Crippen molar-refractivity contribution in [2.45, 2.75) is 5.75 Å². The predicted molar refractivity (Wildman–Crippen MR) is 88.0 cm³/mol. The van der Waals surface area contributed by atoms with Crippen LogP contribution in [0, 0.1) is 0 Å².